The second-order valence-electron chi connectivity index (χ2n) is 5.43. The molecule has 2 N–H and O–H groups in total. The molecular formula is C18H20N4O4S. The van der Waals surface area contributed by atoms with Gasteiger partial charge in [-0.15, -0.1) is 5.10 Å². The van der Waals surface area contributed by atoms with Gasteiger partial charge in [-0.2, -0.15) is 5.10 Å². The fourth-order valence-corrected chi connectivity index (χ4v) is 2.36. The second kappa shape index (κ2) is 9.58. The number of aryl methyl sites for hydroxylation is 1. The smallest absolute Gasteiger partial charge is 0.315 e. The largest absolute Gasteiger partial charge is 0.493 e. The van der Waals surface area contributed by atoms with Gasteiger partial charge >= 0.3 is 5.69 Å². The SMILES string of the molecule is COc1cc(/C=N\N=C(/N)SC)cc([N+](=O)[O-])c1OCc1ccccc1C. The summed E-state index contributed by atoms with van der Waals surface area (Å²) < 4.78 is 11.0. The Bertz CT molecular complexity index is 884. The zero-order valence-corrected chi connectivity index (χ0v) is 16.0. The molecule has 0 aliphatic rings. The minimum atomic E-state index is -0.521. The third-order valence-corrected chi connectivity index (χ3v) is 4.18. The second-order valence-corrected chi connectivity index (χ2v) is 6.26. The number of nitrogens with two attached hydrogens (primary N) is 1. The van der Waals surface area contributed by atoms with E-state index < -0.39 is 4.92 Å². The van der Waals surface area contributed by atoms with Crippen LogP contribution in [0.1, 0.15) is 16.7 Å². The van der Waals surface area contributed by atoms with Gasteiger partial charge in [-0.1, -0.05) is 36.0 Å². The molecule has 2 aromatic carbocycles. The topological polar surface area (TPSA) is 112 Å². The fourth-order valence-electron chi connectivity index (χ4n) is 2.23. The van der Waals surface area contributed by atoms with Crippen LogP contribution in [0.15, 0.2) is 46.6 Å². The summed E-state index contributed by atoms with van der Waals surface area (Å²) in [7, 11) is 1.42. The van der Waals surface area contributed by atoms with Crippen molar-refractivity contribution in [3.63, 3.8) is 0 Å². The van der Waals surface area contributed by atoms with Crippen LogP contribution in [0.25, 0.3) is 0 Å². The molecule has 9 heteroatoms. The molecule has 0 aliphatic carbocycles. The Kier molecular flexibility index (Phi) is 7.18. The Morgan fingerprint density at radius 3 is 2.74 bits per heavy atom. The van der Waals surface area contributed by atoms with Crippen molar-refractivity contribution in [2.24, 2.45) is 15.9 Å². The highest BCUT2D eigenvalue weighted by Gasteiger charge is 2.22. The van der Waals surface area contributed by atoms with Crippen LogP contribution >= 0.6 is 11.8 Å². The molecule has 27 heavy (non-hydrogen) atoms. The van der Waals surface area contributed by atoms with Crippen molar-refractivity contribution in [1.82, 2.24) is 0 Å². The molecule has 142 valence electrons. The molecule has 0 atom stereocenters. The zero-order chi connectivity index (χ0) is 19.8. The van der Waals surface area contributed by atoms with E-state index in [1.165, 1.54) is 31.2 Å². The number of rotatable bonds is 7. The lowest BCUT2D eigenvalue weighted by Gasteiger charge is -2.13. The highest BCUT2D eigenvalue weighted by Crippen LogP contribution is 2.38. The number of hydrogen-bond donors (Lipinski definition) is 1. The molecule has 0 radical (unpaired) electrons. The highest BCUT2D eigenvalue weighted by atomic mass is 32.2. The molecule has 2 aromatic rings. The van der Waals surface area contributed by atoms with Crippen molar-refractivity contribution in [2.45, 2.75) is 13.5 Å². The molecule has 0 heterocycles. The van der Waals surface area contributed by atoms with Crippen LogP contribution < -0.4 is 15.2 Å². The van der Waals surface area contributed by atoms with Crippen molar-refractivity contribution in [3.8, 4) is 11.5 Å². The van der Waals surface area contributed by atoms with E-state index in [-0.39, 0.29) is 29.0 Å². The van der Waals surface area contributed by atoms with Crippen LogP contribution in [0.4, 0.5) is 5.69 Å². The van der Waals surface area contributed by atoms with E-state index in [9.17, 15) is 10.1 Å². The summed E-state index contributed by atoms with van der Waals surface area (Å²) in [5.74, 6) is 0.302. The number of methoxy groups -OCH3 is 1. The molecule has 0 saturated carbocycles. The van der Waals surface area contributed by atoms with Gasteiger partial charge in [-0.25, -0.2) is 0 Å². The predicted octanol–water partition coefficient (Wildman–Crippen LogP) is 3.50. The van der Waals surface area contributed by atoms with Gasteiger partial charge in [0.05, 0.1) is 18.2 Å². The first-order valence-electron chi connectivity index (χ1n) is 7.90. The lowest BCUT2D eigenvalue weighted by molar-refractivity contribution is -0.386. The van der Waals surface area contributed by atoms with E-state index in [4.69, 9.17) is 15.2 Å². The Morgan fingerprint density at radius 1 is 1.37 bits per heavy atom. The van der Waals surface area contributed by atoms with E-state index in [1.807, 2.05) is 31.2 Å². The molecule has 2 rings (SSSR count). The monoisotopic (exact) mass is 388 g/mol. The Labute approximate surface area is 161 Å². The van der Waals surface area contributed by atoms with Crippen molar-refractivity contribution in [1.29, 1.82) is 0 Å². The number of nitro groups is 1. The standard InChI is InChI=1S/C18H20N4O4S/c1-12-6-4-5-7-14(12)11-26-17-15(22(23)24)8-13(9-16(17)25-2)10-20-21-18(19)27-3/h4-10H,11H2,1-3H3,(H2,19,21)/b20-10-. The zero-order valence-electron chi connectivity index (χ0n) is 15.2. The summed E-state index contributed by atoms with van der Waals surface area (Å²) in [5.41, 5.74) is 7.74. The first-order valence-corrected chi connectivity index (χ1v) is 9.13. The molecule has 0 saturated heterocycles. The van der Waals surface area contributed by atoms with Crippen molar-refractivity contribution < 1.29 is 14.4 Å². The van der Waals surface area contributed by atoms with Crippen LogP contribution in [0, 0.1) is 17.0 Å². The van der Waals surface area contributed by atoms with E-state index in [0.717, 1.165) is 11.1 Å². The first kappa shape index (κ1) is 20.2. The molecule has 0 aromatic heterocycles. The van der Waals surface area contributed by atoms with Gasteiger partial charge in [0, 0.05) is 11.6 Å². The van der Waals surface area contributed by atoms with Gasteiger partial charge in [-0.3, -0.25) is 10.1 Å². The van der Waals surface area contributed by atoms with E-state index in [1.54, 1.807) is 12.3 Å². The van der Waals surface area contributed by atoms with E-state index in [0.29, 0.717) is 5.56 Å². The average Bonchev–Trinajstić information content (AvgIpc) is 2.66. The summed E-state index contributed by atoms with van der Waals surface area (Å²) in [6.07, 6.45) is 3.13. The maximum absolute atomic E-state index is 11.5. The quantitative estimate of drug-likeness (QED) is 0.336. The third-order valence-electron chi connectivity index (χ3n) is 3.68. The minimum absolute atomic E-state index is 0.0648. The Balaban J connectivity index is 2.36. The Hall–Kier alpha value is -3.07. The number of hydrogen-bond acceptors (Lipinski definition) is 7. The molecule has 0 amide bonds. The van der Waals surface area contributed by atoms with E-state index in [2.05, 4.69) is 10.2 Å². The van der Waals surface area contributed by atoms with Crippen LogP contribution in [0.2, 0.25) is 0 Å². The van der Waals surface area contributed by atoms with Crippen LogP contribution in [-0.4, -0.2) is 29.7 Å². The summed E-state index contributed by atoms with van der Waals surface area (Å²) >= 11 is 1.24. The lowest BCUT2D eigenvalue weighted by atomic mass is 10.1. The van der Waals surface area contributed by atoms with Gasteiger partial charge in [-0.05, 0) is 30.4 Å². The summed E-state index contributed by atoms with van der Waals surface area (Å²) in [5, 5.41) is 19.4. The first-order chi connectivity index (χ1) is 13.0. The van der Waals surface area contributed by atoms with Crippen LogP contribution in [0.5, 0.6) is 11.5 Å². The van der Waals surface area contributed by atoms with Crippen molar-refractivity contribution >= 4 is 28.8 Å². The van der Waals surface area contributed by atoms with Gasteiger partial charge in [0.1, 0.15) is 6.61 Å². The normalized spacial score (nSPS) is 11.6. The van der Waals surface area contributed by atoms with Crippen LogP contribution in [0.3, 0.4) is 0 Å². The highest BCUT2D eigenvalue weighted by molar-refractivity contribution is 8.13. The maximum atomic E-state index is 11.5. The molecule has 8 nitrogen and oxygen atoms in total. The van der Waals surface area contributed by atoms with Gasteiger partial charge in [0.25, 0.3) is 0 Å². The molecule has 0 bridgehead atoms. The fraction of sp³-hybridized carbons (Fsp3) is 0.222. The van der Waals surface area contributed by atoms with Gasteiger partial charge in [0.15, 0.2) is 10.9 Å². The third kappa shape index (κ3) is 5.45. The molecule has 0 spiro atoms. The van der Waals surface area contributed by atoms with Crippen LogP contribution in [-0.2, 0) is 6.61 Å². The molecule has 0 aliphatic heterocycles. The molecule has 0 unspecified atom stereocenters. The Morgan fingerprint density at radius 2 is 2.11 bits per heavy atom. The molecule has 0 fully saturated rings. The predicted molar refractivity (Wildman–Crippen MR) is 108 cm³/mol. The van der Waals surface area contributed by atoms with E-state index >= 15 is 0 Å². The number of benzene rings is 2. The van der Waals surface area contributed by atoms with Crippen molar-refractivity contribution in [2.75, 3.05) is 13.4 Å². The number of thioether (sulfide) groups is 1. The average molecular weight is 388 g/mol. The molecular weight excluding hydrogens is 368 g/mol. The number of ether oxygens (including phenoxy) is 2. The van der Waals surface area contributed by atoms with Crippen molar-refractivity contribution in [3.05, 3.63) is 63.2 Å². The minimum Gasteiger partial charge on any atom is -0.493 e. The number of nitrogens with zero attached hydrogens (tertiary/aromatic N) is 3. The number of nitro benzene ring substituents is 1. The summed E-state index contributed by atoms with van der Waals surface area (Å²) in [6, 6.07) is 10.6. The summed E-state index contributed by atoms with van der Waals surface area (Å²) in [6.45, 7) is 2.14. The maximum Gasteiger partial charge on any atom is 0.315 e. The summed E-state index contributed by atoms with van der Waals surface area (Å²) in [4.78, 5) is 11.0. The number of amidine groups is 1. The van der Waals surface area contributed by atoms with Gasteiger partial charge < -0.3 is 15.2 Å². The van der Waals surface area contributed by atoms with Gasteiger partial charge in [0.2, 0.25) is 5.75 Å². The lowest BCUT2D eigenvalue weighted by Crippen LogP contribution is -2.04.